The highest BCUT2D eigenvalue weighted by Crippen LogP contribution is 2.37. The molecule has 0 amide bonds. The van der Waals surface area contributed by atoms with Crippen molar-refractivity contribution in [3.8, 4) is 11.5 Å². The first kappa shape index (κ1) is 16.2. The summed E-state index contributed by atoms with van der Waals surface area (Å²) in [5, 5.41) is 29.0. The van der Waals surface area contributed by atoms with E-state index in [2.05, 4.69) is 4.74 Å². The molecule has 20 heavy (non-hydrogen) atoms. The second kappa shape index (κ2) is 7.09. The van der Waals surface area contributed by atoms with Gasteiger partial charge in [-0.05, 0) is 17.7 Å². The van der Waals surface area contributed by atoms with Gasteiger partial charge >= 0.3 is 5.97 Å². The van der Waals surface area contributed by atoms with Crippen LogP contribution in [0.1, 0.15) is 17.2 Å². The molecule has 0 aliphatic rings. The summed E-state index contributed by atoms with van der Waals surface area (Å²) in [7, 11) is 3.81. The molecule has 2 atom stereocenters. The first-order chi connectivity index (χ1) is 9.49. The Morgan fingerprint density at radius 1 is 1.15 bits per heavy atom. The number of aliphatic hydroxyl groups is 3. The Kier molecular flexibility index (Phi) is 5.75. The van der Waals surface area contributed by atoms with Crippen LogP contribution in [0.3, 0.4) is 0 Å². The van der Waals surface area contributed by atoms with Crippen LogP contribution in [0.2, 0.25) is 0 Å². The van der Waals surface area contributed by atoms with Gasteiger partial charge < -0.3 is 29.5 Å². The van der Waals surface area contributed by atoms with E-state index in [4.69, 9.17) is 14.6 Å². The molecule has 0 spiro atoms. The molecule has 1 aromatic rings. The van der Waals surface area contributed by atoms with Crippen molar-refractivity contribution in [1.29, 1.82) is 0 Å². The third-order valence-corrected chi connectivity index (χ3v) is 2.82. The van der Waals surface area contributed by atoms with Crippen molar-refractivity contribution in [2.75, 3.05) is 21.3 Å². The molecule has 7 nitrogen and oxygen atoms in total. The number of benzene rings is 1. The Labute approximate surface area is 116 Å². The number of carbonyl (C=O) groups excluding carboxylic acids is 1. The van der Waals surface area contributed by atoms with Crippen LogP contribution < -0.4 is 9.47 Å². The summed E-state index contributed by atoms with van der Waals surface area (Å²) >= 11 is 0. The molecule has 2 unspecified atom stereocenters. The molecular formula is C13H18O7. The van der Waals surface area contributed by atoms with Gasteiger partial charge in [0.1, 0.15) is 17.6 Å². The van der Waals surface area contributed by atoms with Gasteiger partial charge in [0.05, 0.1) is 33.5 Å². The monoisotopic (exact) mass is 286 g/mol. The molecule has 1 rings (SSSR count). The molecule has 0 bridgehead atoms. The van der Waals surface area contributed by atoms with Gasteiger partial charge in [0.2, 0.25) is 0 Å². The lowest BCUT2D eigenvalue weighted by atomic mass is 10.00. The molecule has 0 heterocycles. The highest BCUT2D eigenvalue weighted by Gasteiger charge is 2.31. The van der Waals surface area contributed by atoms with Gasteiger partial charge in [-0.2, -0.15) is 0 Å². The van der Waals surface area contributed by atoms with Crippen LogP contribution in [0.5, 0.6) is 11.5 Å². The molecule has 0 aliphatic heterocycles. The van der Waals surface area contributed by atoms with E-state index in [1.807, 2.05) is 0 Å². The van der Waals surface area contributed by atoms with Crippen molar-refractivity contribution in [2.24, 2.45) is 0 Å². The second-order valence-electron chi connectivity index (χ2n) is 3.98. The van der Waals surface area contributed by atoms with E-state index in [1.165, 1.54) is 26.4 Å². The van der Waals surface area contributed by atoms with Crippen molar-refractivity contribution < 1.29 is 34.3 Å². The van der Waals surface area contributed by atoms with Crippen molar-refractivity contribution in [3.05, 3.63) is 23.3 Å². The van der Waals surface area contributed by atoms with Gasteiger partial charge in [0.15, 0.2) is 6.10 Å². The van der Waals surface area contributed by atoms with Gasteiger partial charge in [-0.3, -0.25) is 0 Å². The van der Waals surface area contributed by atoms with Crippen LogP contribution >= 0.6 is 0 Å². The van der Waals surface area contributed by atoms with E-state index in [9.17, 15) is 15.0 Å². The fourth-order valence-corrected chi connectivity index (χ4v) is 1.78. The summed E-state index contributed by atoms with van der Waals surface area (Å²) in [5.74, 6) is -0.611. The van der Waals surface area contributed by atoms with Crippen LogP contribution in [0.25, 0.3) is 0 Å². The maximum atomic E-state index is 11.3. The minimum Gasteiger partial charge on any atom is -0.496 e. The quantitative estimate of drug-likeness (QED) is 0.620. The lowest BCUT2D eigenvalue weighted by Crippen LogP contribution is -2.29. The lowest BCUT2D eigenvalue weighted by Gasteiger charge is -2.21. The minimum atomic E-state index is -1.78. The Balaban J connectivity index is 3.30. The smallest absolute Gasteiger partial charge is 0.337 e. The molecule has 0 radical (unpaired) electrons. The Morgan fingerprint density at radius 2 is 1.65 bits per heavy atom. The fourth-order valence-electron chi connectivity index (χ4n) is 1.78. The molecule has 0 saturated carbocycles. The van der Waals surface area contributed by atoms with Gasteiger partial charge in [-0.1, -0.05) is 0 Å². The first-order valence-electron chi connectivity index (χ1n) is 5.79. The van der Waals surface area contributed by atoms with Crippen molar-refractivity contribution in [1.82, 2.24) is 0 Å². The average Bonchev–Trinajstić information content (AvgIpc) is 2.50. The average molecular weight is 286 g/mol. The maximum Gasteiger partial charge on any atom is 0.337 e. The third kappa shape index (κ3) is 3.19. The van der Waals surface area contributed by atoms with Crippen molar-refractivity contribution >= 4 is 5.97 Å². The van der Waals surface area contributed by atoms with Gasteiger partial charge in [0.25, 0.3) is 0 Å². The standard InChI is InChI=1S/C13H18O7/c1-18-8-4-7(6-14)5-9(19-2)10(8)11(15)12(16)13(17)20-3/h4-5,11-12,14-16H,6H2,1-3H3. The second-order valence-corrected chi connectivity index (χ2v) is 3.98. The van der Waals surface area contributed by atoms with E-state index in [0.29, 0.717) is 5.56 Å². The largest absolute Gasteiger partial charge is 0.496 e. The van der Waals surface area contributed by atoms with Gasteiger partial charge in [0, 0.05) is 0 Å². The van der Waals surface area contributed by atoms with E-state index >= 15 is 0 Å². The van der Waals surface area contributed by atoms with Crippen molar-refractivity contribution in [2.45, 2.75) is 18.8 Å². The number of aliphatic hydroxyl groups excluding tert-OH is 3. The lowest BCUT2D eigenvalue weighted by molar-refractivity contribution is -0.156. The fraction of sp³-hybridized carbons (Fsp3) is 0.462. The third-order valence-electron chi connectivity index (χ3n) is 2.82. The highest BCUT2D eigenvalue weighted by molar-refractivity contribution is 5.75. The van der Waals surface area contributed by atoms with E-state index in [0.717, 1.165) is 7.11 Å². The number of methoxy groups -OCH3 is 3. The summed E-state index contributed by atoms with van der Waals surface area (Å²) in [6.45, 7) is -0.247. The van der Waals surface area contributed by atoms with Crippen LogP contribution in [0.15, 0.2) is 12.1 Å². The summed E-state index contributed by atoms with van der Waals surface area (Å²) < 4.78 is 14.6. The molecule has 3 N–H and O–H groups in total. The molecule has 1 aromatic carbocycles. The van der Waals surface area contributed by atoms with E-state index in [1.54, 1.807) is 0 Å². The molecule has 0 aliphatic carbocycles. The zero-order valence-electron chi connectivity index (χ0n) is 11.5. The van der Waals surface area contributed by atoms with E-state index < -0.39 is 18.2 Å². The number of rotatable bonds is 6. The van der Waals surface area contributed by atoms with E-state index in [-0.39, 0.29) is 23.7 Å². The predicted molar refractivity (Wildman–Crippen MR) is 68.5 cm³/mol. The summed E-state index contributed by atoms with van der Waals surface area (Å²) in [4.78, 5) is 11.3. The minimum absolute atomic E-state index is 0.102. The normalized spacial score (nSPS) is 13.5. The number of hydrogen-bond donors (Lipinski definition) is 3. The molecule has 0 aromatic heterocycles. The predicted octanol–water partition coefficient (Wildman–Crippen LogP) is -0.237. The van der Waals surface area contributed by atoms with Gasteiger partial charge in [-0.15, -0.1) is 0 Å². The molecule has 0 fully saturated rings. The SMILES string of the molecule is COC(=O)C(O)C(O)c1c(OC)cc(CO)cc1OC. The maximum absolute atomic E-state index is 11.3. The Morgan fingerprint density at radius 3 is 2.00 bits per heavy atom. The van der Waals surface area contributed by atoms with Gasteiger partial charge in [-0.25, -0.2) is 4.79 Å². The number of esters is 1. The Bertz CT molecular complexity index is 447. The summed E-state index contributed by atoms with van der Waals surface area (Å²) in [6, 6.07) is 2.95. The Hall–Kier alpha value is -1.83. The van der Waals surface area contributed by atoms with Crippen LogP contribution in [0.4, 0.5) is 0 Å². The first-order valence-corrected chi connectivity index (χ1v) is 5.79. The summed E-state index contributed by atoms with van der Waals surface area (Å²) in [6.07, 6.45) is -3.36. The van der Waals surface area contributed by atoms with Crippen LogP contribution in [-0.2, 0) is 16.1 Å². The van der Waals surface area contributed by atoms with Crippen LogP contribution in [-0.4, -0.2) is 48.7 Å². The molecule has 112 valence electrons. The zero-order chi connectivity index (χ0) is 15.3. The number of hydrogen-bond acceptors (Lipinski definition) is 7. The van der Waals surface area contributed by atoms with Crippen molar-refractivity contribution in [3.63, 3.8) is 0 Å². The molecule has 0 saturated heterocycles. The number of carbonyl (C=O) groups is 1. The highest BCUT2D eigenvalue weighted by atomic mass is 16.5. The zero-order valence-corrected chi connectivity index (χ0v) is 11.5. The molecular weight excluding hydrogens is 268 g/mol. The molecule has 7 heteroatoms. The number of ether oxygens (including phenoxy) is 3. The topological polar surface area (TPSA) is 105 Å². The van der Waals surface area contributed by atoms with Crippen LogP contribution in [0, 0.1) is 0 Å². The summed E-state index contributed by atoms with van der Waals surface area (Å²) in [5.41, 5.74) is 0.604.